The average Bonchev–Trinajstić information content (AvgIpc) is 3.19. The van der Waals surface area contributed by atoms with Crippen LogP contribution in [0.15, 0.2) is 72.1 Å². The van der Waals surface area contributed by atoms with Gasteiger partial charge in [0.25, 0.3) is 0 Å². The minimum Gasteiger partial charge on any atom is -0.355 e. The van der Waals surface area contributed by atoms with Gasteiger partial charge in [0.1, 0.15) is 17.2 Å². The summed E-state index contributed by atoms with van der Waals surface area (Å²) in [6, 6.07) is 16.0. The molecule has 0 aliphatic heterocycles. The molecule has 0 unspecified atom stereocenters. The van der Waals surface area contributed by atoms with Crippen LogP contribution in [0.2, 0.25) is 0 Å². The van der Waals surface area contributed by atoms with E-state index in [9.17, 15) is 9.18 Å². The van der Waals surface area contributed by atoms with Crippen LogP contribution < -0.4 is 5.32 Å². The second-order valence-corrected chi connectivity index (χ2v) is 7.29. The summed E-state index contributed by atoms with van der Waals surface area (Å²) < 4.78 is 14.7. The van der Waals surface area contributed by atoms with E-state index in [0.717, 1.165) is 16.6 Å². The fourth-order valence-corrected chi connectivity index (χ4v) is 3.67. The van der Waals surface area contributed by atoms with Gasteiger partial charge in [-0.05, 0) is 36.2 Å². The summed E-state index contributed by atoms with van der Waals surface area (Å²) in [7, 11) is 0. The van der Waals surface area contributed by atoms with Crippen LogP contribution in [0.4, 0.5) is 4.39 Å². The van der Waals surface area contributed by atoms with E-state index in [2.05, 4.69) is 20.4 Å². The van der Waals surface area contributed by atoms with Crippen LogP contribution in [0.3, 0.4) is 0 Å². The molecule has 2 heterocycles. The number of para-hydroxylation sites is 1. The lowest BCUT2D eigenvalue weighted by Gasteiger charge is -2.06. The molecule has 29 heavy (non-hydrogen) atoms. The van der Waals surface area contributed by atoms with Crippen molar-refractivity contribution in [3.05, 3.63) is 78.5 Å². The molecule has 0 aliphatic rings. The van der Waals surface area contributed by atoms with E-state index in [0.29, 0.717) is 23.6 Å². The molecule has 0 radical (unpaired) electrons. The predicted molar refractivity (Wildman–Crippen MR) is 110 cm³/mol. The maximum absolute atomic E-state index is 12.9. The highest BCUT2D eigenvalue weighted by molar-refractivity contribution is 8.00. The number of nitrogens with one attached hydrogen (secondary N) is 1. The van der Waals surface area contributed by atoms with Gasteiger partial charge in [-0.25, -0.2) is 19.0 Å². The average molecular weight is 407 g/mol. The van der Waals surface area contributed by atoms with E-state index in [1.807, 2.05) is 30.3 Å². The Bertz CT molecular complexity index is 1120. The van der Waals surface area contributed by atoms with Crippen molar-refractivity contribution in [3.63, 3.8) is 0 Å². The summed E-state index contributed by atoms with van der Waals surface area (Å²) in [4.78, 5) is 20.8. The van der Waals surface area contributed by atoms with E-state index < -0.39 is 0 Å². The normalized spacial score (nSPS) is 10.9. The Morgan fingerprint density at radius 3 is 2.66 bits per heavy atom. The molecule has 0 spiro atoms. The number of hydrogen-bond donors (Lipinski definition) is 1. The van der Waals surface area contributed by atoms with Crippen molar-refractivity contribution in [3.8, 4) is 5.69 Å². The molecule has 146 valence electrons. The first kappa shape index (κ1) is 19.1. The summed E-state index contributed by atoms with van der Waals surface area (Å²) >= 11 is 1.35. The molecule has 4 rings (SSSR count). The fraction of sp³-hybridized carbons (Fsp3) is 0.143. The van der Waals surface area contributed by atoms with E-state index in [-0.39, 0.29) is 17.5 Å². The van der Waals surface area contributed by atoms with Crippen LogP contribution in [-0.4, -0.2) is 38.0 Å². The number of aromatic nitrogens is 4. The molecule has 6 nitrogen and oxygen atoms in total. The summed E-state index contributed by atoms with van der Waals surface area (Å²) in [5.41, 5.74) is 2.59. The molecule has 1 N–H and O–H groups in total. The minimum atomic E-state index is -0.263. The first-order valence-electron chi connectivity index (χ1n) is 9.09. The SMILES string of the molecule is O=C(CSc1ncnc2c1cnn2-c1ccccc1)NCCc1ccc(F)cc1. The lowest BCUT2D eigenvalue weighted by molar-refractivity contribution is -0.118. The highest BCUT2D eigenvalue weighted by atomic mass is 32.2. The first-order chi connectivity index (χ1) is 14.2. The van der Waals surface area contributed by atoms with Gasteiger partial charge in [0.2, 0.25) is 5.91 Å². The summed E-state index contributed by atoms with van der Waals surface area (Å²) in [6.07, 6.45) is 3.85. The van der Waals surface area contributed by atoms with E-state index in [1.165, 1.54) is 30.2 Å². The third-order valence-electron chi connectivity index (χ3n) is 4.32. The van der Waals surface area contributed by atoms with Gasteiger partial charge >= 0.3 is 0 Å². The maximum Gasteiger partial charge on any atom is 0.230 e. The van der Waals surface area contributed by atoms with Gasteiger partial charge in [0, 0.05) is 6.54 Å². The number of fused-ring (bicyclic) bond motifs is 1. The molecule has 2 aromatic heterocycles. The fourth-order valence-electron chi connectivity index (χ4n) is 2.88. The Morgan fingerprint density at radius 1 is 1.07 bits per heavy atom. The van der Waals surface area contributed by atoms with Gasteiger partial charge in [0.15, 0.2) is 5.65 Å². The topological polar surface area (TPSA) is 72.7 Å². The number of carbonyl (C=O) groups excluding carboxylic acids is 1. The monoisotopic (exact) mass is 407 g/mol. The highest BCUT2D eigenvalue weighted by Gasteiger charge is 2.12. The van der Waals surface area contributed by atoms with Gasteiger partial charge < -0.3 is 5.32 Å². The standard InChI is InChI=1S/C21H18FN5OS/c22-16-8-6-15(7-9-16)10-11-23-19(28)13-29-21-18-12-26-27(20(18)24-14-25-21)17-4-2-1-3-5-17/h1-9,12,14H,10-11,13H2,(H,23,28). The van der Waals surface area contributed by atoms with E-state index in [4.69, 9.17) is 0 Å². The van der Waals surface area contributed by atoms with Crippen molar-refractivity contribution in [1.29, 1.82) is 0 Å². The smallest absolute Gasteiger partial charge is 0.230 e. The Labute approximate surface area is 171 Å². The number of thioether (sulfide) groups is 1. The molecule has 1 amide bonds. The number of rotatable bonds is 7. The van der Waals surface area contributed by atoms with Crippen molar-refractivity contribution < 1.29 is 9.18 Å². The predicted octanol–water partition coefficient (Wildman–Crippen LogP) is 3.41. The molecule has 0 atom stereocenters. The summed E-state index contributed by atoms with van der Waals surface area (Å²) in [5, 5.41) is 8.81. The number of nitrogens with zero attached hydrogens (tertiary/aromatic N) is 4. The van der Waals surface area contributed by atoms with Gasteiger partial charge in [-0.1, -0.05) is 42.1 Å². The molecule has 2 aromatic carbocycles. The van der Waals surface area contributed by atoms with Gasteiger partial charge in [-0.15, -0.1) is 0 Å². The first-order valence-corrected chi connectivity index (χ1v) is 10.1. The van der Waals surface area contributed by atoms with Crippen LogP contribution in [0.1, 0.15) is 5.56 Å². The lowest BCUT2D eigenvalue weighted by Crippen LogP contribution is -2.27. The van der Waals surface area contributed by atoms with E-state index >= 15 is 0 Å². The molecule has 0 fully saturated rings. The van der Waals surface area contributed by atoms with Gasteiger partial charge in [-0.2, -0.15) is 5.10 Å². The maximum atomic E-state index is 12.9. The molecule has 0 saturated heterocycles. The Kier molecular flexibility index (Phi) is 5.81. The molecule has 4 aromatic rings. The van der Waals surface area contributed by atoms with Gasteiger partial charge in [0.05, 0.1) is 23.0 Å². The molecule has 0 saturated carbocycles. The van der Waals surface area contributed by atoms with Crippen molar-refractivity contribution >= 4 is 28.7 Å². The number of hydrogen-bond acceptors (Lipinski definition) is 5. The molecule has 0 aliphatic carbocycles. The minimum absolute atomic E-state index is 0.0840. The number of amides is 1. The third kappa shape index (κ3) is 4.60. The van der Waals surface area contributed by atoms with Crippen molar-refractivity contribution in [1.82, 2.24) is 25.1 Å². The van der Waals surface area contributed by atoms with Gasteiger partial charge in [-0.3, -0.25) is 4.79 Å². The number of benzene rings is 2. The van der Waals surface area contributed by atoms with Crippen LogP contribution in [0, 0.1) is 5.82 Å². The zero-order valence-corrected chi connectivity index (χ0v) is 16.3. The lowest BCUT2D eigenvalue weighted by atomic mass is 10.1. The second-order valence-electron chi connectivity index (χ2n) is 6.32. The molecular weight excluding hydrogens is 389 g/mol. The van der Waals surface area contributed by atoms with Crippen molar-refractivity contribution in [2.24, 2.45) is 0 Å². The van der Waals surface area contributed by atoms with Crippen LogP contribution >= 0.6 is 11.8 Å². The largest absolute Gasteiger partial charge is 0.355 e. The Hall–Kier alpha value is -3.26. The Morgan fingerprint density at radius 2 is 1.86 bits per heavy atom. The number of halogens is 1. The second kappa shape index (κ2) is 8.83. The molecule has 0 bridgehead atoms. The van der Waals surface area contributed by atoms with Crippen molar-refractivity contribution in [2.75, 3.05) is 12.3 Å². The van der Waals surface area contributed by atoms with Crippen LogP contribution in [0.5, 0.6) is 0 Å². The zero-order chi connectivity index (χ0) is 20.1. The summed E-state index contributed by atoms with van der Waals surface area (Å²) in [5.74, 6) is -0.105. The van der Waals surface area contributed by atoms with Crippen LogP contribution in [-0.2, 0) is 11.2 Å². The molecular formula is C21H18FN5OS. The Balaban J connectivity index is 1.36. The number of carbonyl (C=O) groups is 1. The molecule has 8 heteroatoms. The van der Waals surface area contributed by atoms with E-state index in [1.54, 1.807) is 23.0 Å². The summed E-state index contributed by atoms with van der Waals surface area (Å²) in [6.45, 7) is 0.496. The quantitative estimate of drug-likeness (QED) is 0.375. The zero-order valence-electron chi connectivity index (χ0n) is 15.5. The van der Waals surface area contributed by atoms with Crippen molar-refractivity contribution in [2.45, 2.75) is 11.4 Å². The third-order valence-corrected chi connectivity index (χ3v) is 5.32. The van der Waals surface area contributed by atoms with Crippen LogP contribution in [0.25, 0.3) is 16.7 Å². The highest BCUT2D eigenvalue weighted by Crippen LogP contribution is 2.25.